The molecular formula is C11H11F4NO4. The molecule has 0 amide bonds. The van der Waals surface area contributed by atoms with Gasteiger partial charge < -0.3 is 14.2 Å². The van der Waals surface area contributed by atoms with Crippen molar-refractivity contribution in [1.82, 2.24) is 4.98 Å². The zero-order valence-corrected chi connectivity index (χ0v) is 10.6. The third kappa shape index (κ3) is 3.97. The molecule has 0 aliphatic heterocycles. The van der Waals surface area contributed by atoms with Crippen LogP contribution in [0.15, 0.2) is 6.20 Å². The van der Waals surface area contributed by atoms with Gasteiger partial charge in [-0.1, -0.05) is 0 Å². The van der Waals surface area contributed by atoms with Crippen LogP contribution in [-0.4, -0.2) is 31.5 Å². The molecule has 0 fully saturated rings. The van der Waals surface area contributed by atoms with Gasteiger partial charge in [-0.25, -0.2) is 4.39 Å². The summed E-state index contributed by atoms with van der Waals surface area (Å²) in [5, 5.41) is 0. The fourth-order valence-electron chi connectivity index (χ4n) is 1.44. The normalized spacial score (nSPS) is 11.1. The number of halogens is 4. The summed E-state index contributed by atoms with van der Waals surface area (Å²) in [5.74, 6) is -2.10. The SMILES string of the molecule is COC(=O)Cc1cnc(CF)c(OC)c1OC(F)(F)F. The zero-order chi connectivity index (χ0) is 15.3. The summed E-state index contributed by atoms with van der Waals surface area (Å²) >= 11 is 0. The van der Waals surface area contributed by atoms with Crippen molar-refractivity contribution >= 4 is 5.97 Å². The van der Waals surface area contributed by atoms with E-state index in [-0.39, 0.29) is 11.3 Å². The molecule has 0 aromatic carbocycles. The van der Waals surface area contributed by atoms with Crippen LogP contribution in [0.3, 0.4) is 0 Å². The molecule has 0 aliphatic rings. The van der Waals surface area contributed by atoms with E-state index in [2.05, 4.69) is 19.2 Å². The summed E-state index contributed by atoms with van der Waals surface area (Å²) < 4.78 is 62.7. The molecule has 9 heteroatoms. The number of ether oxygens (including phenoxy) is 3. The molecule has 112 valence electrons. The Morgan fingerprint density at radius 1 is 1.30 bits per heavy atom. The van der Waals surface area contributed by atoms with E-state index >= 15 is 0 Å². The molecule has 1 aromatic heterocycles. The first-order valence-electron chi connectivity index (χ1n) is 5.25. The third-order valence-electron chi connectivity index (χ3n) is 2.25. The summed E-state index contributed by atoms with van der Waals surface area (Å²) in [5.41, 5.74) is -0.580. The van der Waals surface area contributed by atoms with E-state index in [0.29, 0.717) is 0 Å². The molecule has 0 spiro atoms. The number of pyridine rings is 1. The second-order valence-corrected chi connectivity index (χ2v) is 3.53. The Balaban J connectivity index is 3.31. The van der Waals surface area contributed by atoms with Gasteiger partial charge in [0.05, 0.1) is 20.6 Å². The Bertz CT molecular complexity index is 490. The van der Waals surface area contributed by atoms with E-state index in [1.54, 1.807) is 0 Å². The summed E-state index contributed by atoms with van der Waals surface area (Å²) in [6, 6.07) is 0. The number of rotatable bonds is 5. The summed E-state index contributed by atoms with van der Waals surface area (Å²) in [6.45, 7) is -1.14. The third-order valence-corrected chi connectivity index (χ3v) is 2.25. The Hall–Kier alpha value is -2.06. The number of nitrogens with zero attached hydrogens (tertiary/aromatic N) is 1. The van der Waals surface area contributed by atoms with E-state index in [4.69, 9.17) is 0 Å². The van der Waals surface area contributed by atoms with Crippen LogP contribution in [0, 0.1) is 0 Å². The zero-order valence-electron chi connectivity index (χ0n) is 10.6. The molecule has 0 radical (unpaired) electrons. The van der Waals surface area contributed by atoms with Crippen LogP contribution in [0.2, 0.25) is 0 Å². The highest BCUT2D eigenvalue weighted by molar-refractivity contribution is 5.74. The fourth-order valence-corrected chi connectivity index (χ4v) is 1.44. The van der Waals surface area contributed by atoms with Crippen molar-refractivity contribution < 1.29 is 36.6 Å². The minimum absolute atomic E-state index is 0.219. The molecule has 5 nitrogen and oxygen atoms in total. The van der Waals surface area contributed by atoms with Gasteiger partial charge in [0, 0.05) is 11.8 Å². The minimum atomic E-state index is -5.02. The van der Waals surface area contributed by atoms with Crippen molar-refractivity contribution in [2.75, 3.05) is 14.2 Å². The summed E-state index contributed by atoms with van der Waals surface area (Å²) in [7, 11) is 2.12. The predicted molar refractivity (Wildman–Crippen MR) is 58.0 cm³/mol. The number of carbonyl (C=O) groups excluding carboxylic acids is 1. The second kappa shape index (κ2) is 6.40. The van der Waals surface area contributed by atoms with Crippen LogP contribution in [-0.2, 0) is 22.6 Å². The van der Waals surface area contributed by atoms with Crippen LogP contribution in [0.5, 0.6) is 11.5 Å². The molecule has 0 aliphatic carbocycles. The van der Waals surface area contributed by atoms with Crippen molar-refractivity contribution in [2.24, 2.45) is 0 Å². The number of methoxy groups -OCH3 is 2. The number of hydrogen-bond donors (Lipinski definition) is 0. The molecule has 20 heavy (non-hydrogen) atoms. The van der Waals surface area contributed by atoms with Gasteiger partial charge >= 0.3 is 12.3 Å². The van der Waals surface area contributed by atoms with Gasteiger partial charge in [0.1, 0.15) is 12.4 Å². The van der Waals surface area contributed by atoms with Crippen LogP contribution >= 0.6 is 0 Å². The second-order valence-electron chi connectivity index (χ2n) is 3.53. The lowest BCUT2D eigenvalue weighted by Crippen LogP contribution is -2.20. The maximum absolute atomic E-state index is 12.7. The van der Waals surface area contributed by atoms with Crippen molar-refractivity contribution in [2.45, 2.75) is 19.5 Å². The Labute approximate surface area is 111 Å². The van der Waals surface area contributed by atoms with Crippen molar-refractivity contribution in [3.05, 3.63) is 17.5 Å². The van der Waals surface area contributed by atoms with Gasteiger partial charge in [-0.3, -0.25) is 9.78 Å². The number of alkyl halides is 4. The van der Waals surface area contributed by atoms with E-state index in [1.165, 1.54) is 0 Å². The highest BCUT2D eigenvalue weighted by atomic mass is 19.4. The van der Waals surface area contributed by atoms with Gasteiger partial charge in [0.2, 0.25) is 0 Å². The molecule has 1 rings (SSSR count). The van der Waals surface area contributed by atoms with E-state index in [9.17, 15) is 22.4 Å². The standard InChI is InChI=1S/C11H11F4NO4/c1-18-8(17)3-6-5-16-7(4-12)10(19-2)9(6)20-11(13,14)15/h5H,3-4H2,1-2H3. The van der Waals surface area contributed by atoms with Gasteiger partial charge in [0.15, 0.2) is 11.5 Å². The van der Waals surface area contributed by atoms with E-state index in [0.717, 1.165) is 20.4 Å². The molecule has 0 bridgehead atoms. The lowest BCUT2D eigenvalue weighted by Gasteiger charge is -2.17. The largest absolute Gasteiger partial charge is 0.573 e. The molecular weight excluding hydrogens is 286 g/mol. The lowest BCUT2D eigenvalue weighted by molar-refractivity contribution is -0.275. The lowest BCUT2D eigenvalue weighted by atomic mass is 10.1. The van der Waals surface area contributed by atoms with Gasteiger partial charge in [-0.2, -0.15) is 0 Å². The number of esters is 1. The highest BCUT2D eigenvalue weighted by Crippen LogP contribution is 2.38. The quantitative estimate of drug-likeness (QED) is 0.616. The predicted octanol–water partition coefficient (Wildman–Crippen LogP) is 2.17. The summed E-state index contributed by atoms with van der Waals surface area (Å²) in [4.78, 5) is 14.7. The van der Waals surface area contributed by atoms with Gasteiger partial charge in [-0.15, -0.1) is 13.2 Å². The van der Waals surface area contributed by atoms with Crippen LogP contribution < -0.4 is 9.47 Å². The smallest absolute Gasteiger partial charge is 0.491 e. The van der Waals surface area contributed by atoms with Crippen LogP contribution in [0.25, 0.3) is 0 Å². The van der Waals surface area contributed by atoms with Gasteiger partial charge in [-0.05, 0) is 0 Å². The van der Waals surface area contributed by atoms with E-state index in [1.807, 2.05) is 0 Å². The van der Waals surface area contributed by atoms with Crippen molar-refractivity contribution in [1.29, 1.82) is 0 Å². The van der Waals surface area contributed by atoms with Crippen molar-refractivity contribution in [3.8, 4) is 11.5 Å². The molecule has 0 unspecified atom stereocenters. The Morgan fingerprint density at radius 2 is 1.95 bits per heavy atom. The topological polar surface area (TPSA) is 57.7 Å². The molecule has 0 atom stereocenters. The Kier molecular flexibility index (Phi) is 5.12. The molecule has 1 heterocycles. The minimum Gasteiger partial charge on any atom is -0.491 e. The Morgan fingerprint density at radius 3 is 2.40 bits per heavy atom. The average Bonchev–Trinajstić information content (AvgIpc) is 2.38. The fraction of sp³-hybridized carbons (Fsp3) is 0.455. The summed E-state index contributed by atoms with van der Waals surface area (Å²) in [6.07, 6.45) is -4.62. The first-order chi connectivity index (χ1) is 9.32. The first-order valence-corrected chi connectivity index (χ1v) is 5.25. The van der Waals surface area contributed by atoms with Crippen LogP contribution in [0.1, 0.15) is 11.3 Å². The van der Waals surface area contributed by atoms with Gasteiger partial charge in [0.25, 0.3) is 0 Å². The van der Waals surface area contributed by atoms with Crippen molar-refractivity contribution in [3.63, 3.8) is 0 Å². The first kappa shape index (κ1) is 16.0. The highest BCUT2D eigenvalue weighted by Gasteiger charge is 2.35. The molecule has 0 N–H and O–H groups in total. The maximum atomic E-state index is 12.7. The van der Waals surface area contributed by atoms with Crippen LogP contribution in [0.4, 0.5) is 17.6 Å². The molecule has 0 saturated heterocycles. The number of hydrogen-bond acceptors (Lipinski definition) is 5. The molecule has 1 aromatic rings. The molecule has 0 saturated carbocycles. The monoisotopic (exact) mass is 297 g/mol. The number of carbonyl (C=O) groups is 1. The average molecular weight is 297 g/mol. The van der Waals surface area contributed by atoms with E-state index < -0.39 is 36.9 Å². The number of aromatic nitrogens is 1. The maximum Gasteiger partial charge on any atom is 0.573 e.